The zero-order valence-corrected chi connectivity index (χ0v) is 27.6. The molecule has 9 nitrogen and oxygen atoms in total. The average Bonchev–Trinajstić information content (AvgIpc) is 2.97. The minimum atomic E-state index is -4.35. The Balaban J connectivity index is 4.10. The number of esters is 2. The third kappa shape index (κ3) is 28.9. The molecule has 0 amide bonds. The maximum atomic E-state index is 12.4. The molecule has 42 heavy (non-hydrogen) atoms. The fourth-order valence-electron chi connectivity index (χ4n) is 4.39. The van der Waals surface area contributed by atoms with Gasteiger partial charge in [-0.3, -0.25) is 18.6 Å². The van der Waals surface area contributed by atoms with E-state index in [0.29, 0.717) is 6.42 Å². The average molecular weight is 620 g/mol. The van der Waals surface area contributed by atoms with Crippen molar-refractivity contribution < 1.29 is 37.6 Å². The van der Waals surface area contributed by atoms with Crippen molar-refractivity contribution in [3.8, 4) is 0 Å². The zero-order valence-electron chi connectivity index (χ0n) is 26.7. The van der Waals surface area contributed by atoms with Crippen molar-refractivity contribution >= 4 is 19.8 Å². The van der Waals surface area contributed by atoms with Gasteiger partial charge in [0.25, 0.3) is 0 Å². The Kier molecular flexibility index (Phi) is 28.9. The molecule has 0 heterocycles. The van der Waals surface area contributed by atoms with Crippen molar-refractivity contribution in [2.45, 2.75) is 155 Å². The molecule has 0 bridgehead atoms. The molecule has 0 saturated heterocycles. The first-order valence-corrected chi connectivity index (χ1v) is 18.2. The van der Waals surface area contributed by atoms with E-state index in [1.807, 2.05) is 0 Å². The molecule has 2 unspecified atom stereocenters. The normalized spacial score (nSPS) is 13.7. The standard InChI is InChI=1S/C32H62NO8P/c1-3-5-7-9-10-11-12-13-14-15-16-17-18-19-20-21-23-25-32(35)41-30(29-40-42(36,37)39-27-26-33)28-38-31(34)24-22-8-6-4-2/h13-14,30H,3-12,15-29,33H2,1-2H3,(H,36,37)/b14-13-. The Hall–Kier alpha value is -1.25. The predicted molar refractivity (Wildman–Crippen MR) is 169 cm³/mol. The smallest absolute Gasteiger partial charge is 0.462 e. The lowest BCUT2D eigenvalue weighted by Gasteiger charge is -2.19. The largest absolute Gasteiger partial charge is 0.472 e. The third-order valence-corrected chi connectivity index (χ3v) is 7.89. The van der Waals surface area contributed by atoms with Gasteiger partial charge in [0.05, 0.1) is 13.2 Å². The van der Waals surface area contributed by atoms with Gasteiger partial charge in [0.2, 0.25) is 0 Å². The highest BCUT2D eigenvalue weighted by atomic mass is 31.2. The van der Waals surface area contributed by atoms with Gasteiger partial charge in [-0.25, -0.2) is 4.57 Å². The lowest BCUT2D eigenvalue weighted by Crippen LogP contribution is -2.29. The van der Waals surface area contributed by atoms with Gasteiger partial charge in [-0.1, -0.05) is 109 Å². The van der Waals surface area contributed by atoms with E-state index in [4.69, 9.17) is 24.3 Å². The summed E-state index contributed by atoms with van der Waals surface area (Å²) >= 11 is 0. The molecule has 0 fully saturated rings. The fraction of sp³-hybridized carbons (Fsp3) is 0.875. The summed E-state index contributed by atoms with van der Waals surface area (Å²) in [4.78, 5) is 34.2. The molecule has 0 aromatic heterocycles. The van der Waals surface area contributed by atoms with Crippen LogP contribution in [-0.4, -0.2) is 49.3 Å². The molecular formula is C32H62NO8P. The van der Waals surface area contributed by atoms with Gasteiger partial charge in [-0.15, -0.1) is 0 Å². The molecule has 0 saturated carbocycles. The van der Waals surface area contributed by atoms with Crippen LogP contribution in [0.15, 0.2) is 12.2 Å². The molecule has 3 N–H and O–H groups in total. The number of unbranched alkanes of at least 4 members (excludes halogenated alkanes) is 16. The molecule has 0 aromatic rings. The number of phosphoric acid groups is 1. The number of nitrogens with two attached hydrogens (primary N) is 1. The summed E-state index contributed by atoms with van der Waals surface area (Å²) in [5, 5.41) is 0. The minimum Gasteiger partial charge on any atom is -0.462 e. The molecule has 0 rings (SSSR count). The molecule has 0 aliphatic carbocycles. The molecule has 0 aromatic carbocycles. The summed E-state index contributed by atoms with van der Waals surface area (Å²) in [7, 11) is -4.35. The van der Waals surface area contributed by atoms with E-state index < -0.39 is 32.5 Å². The highest BCUT2D eigenvalue weighted by molar-refractivity contribution is 7.47. The number of allylic oxidation sites excluding steroid dienone is 2. The van der Waals surface area contributed by atoms with Crippen LogP contribution in [0.3, 0.4) is 0 Å². The Morgan fingerprint density at radius 3 is 1.71 bits per heavy atom. The molecule has 0 spiro atoms. The number of ether oxygens (including phenoxy) is 2. The second-order valence-electron chi connectivity index (χ2n) is 11.0. The van der Waals surface area contributed by atoms with E-state index >= 15 is 0 Å². The summed E-state index contributed by atoms with van der Waals surface area (Å²) < 4.78 is 32.3. The van der Waals surface area contributed by atoms with Crippen molar-refractivity contribution in [3.63, 3.8) is 0 Å². The van der Waals surface area contributed by atoms with E-state index in [0.717, 1.165) is 51.4 Å². The van der Waals surface area contributed by atoms with Gasteiger partial charge >= 0.3 is 19.8 Å². The van der Waals surface area contributed by atoms with Crippen LogP contribution < -0.4 is 5.73 Å². The van der Waals surface area contributed by atoms with Crippen molar-refractivity contribution in [2.24, 2.45) is 5.73 Å². The molecule has 0 radical (unpaired) electrons. The Morgan fingerprint density at radius 2 is 1.17 bits per heavy atom. The third-order valence-electron chi connectivity index (χ3n) is 6.90. The number of carbonyl (C=O) groups is 2. The monoisotopic (exact) mass is 619 g/mol. The highest BCUT2D eigenvalue weighted by Crippen LogP contribution is 2.43. The van der Waals surface area contributed by atoms with Gasteiger partial charge in [0.15, 0.2) is 6.10 Å². The van der Waals surface area contributed by atoms with Crippen LogP contribution in [0.1, 0.15) is 149 Å². The van der Waals surface area contributed by atoms with Crippen LogP contribution in [-0.2, 0) is 32.7 Å². The number of hydrogen-bond donors (Lipinski definition) is 2. The number of carbonyl (C=O) groups excluding carboxylic acids is 2. The van der Waals surface area contributed by atoms with Gasteiger partial charge < -0.3 is 20.1 Å². The molecular weight excluding hydrogens is 557 g/mol. The first-order chi connectivity index (χ1) is 20.3. The topological polar surface area (TPSA) is 134 Å². The Morgan fingerprint density at radius 1 is 0.690 bits per heavy atom. The number of phosphoric ester groups is 1. The second kappa shape index (κ2) is 29.8. The van der Waals surface area contributed by atoms with E-state index in [-0.39, 0.29) is 32.6 Å². The van der Waals surface area contributed by atoms with Crippen molar-refractivity contribution in [1.29, 1.82) is 0 Å². The maximum Gasteiger partial charge on any atom is 0.472 e. The maximum absolute atomic E-state index is 12.4. The molecule has 248 valence electrons. The zero-order chi connectivity index (χ0) is 31.2. The summed E-state index contributed by atoms with van der Waals surface area (Å²) in [5.41, 5.74) is 5.29. The molecule has 2 atom stereocenters. The van der Waals surface area contributed by atoms with E-state index in [9.17, 15) is 19.0 Å². The van der Waals surface area contributed by atoms with Crippen LogP contribution in [0, 0.1) is 0 Å². The summed E-state index contributed by atoms with van der Waals surface area (Å²) in [6.45, 7) is 3.57. The molecule has 0 aliphatic rings. The van der Waals surface area contributed by atoms with E-state index in [2.05, 4.69) is 26.0 Å². The first kappa shape index (κ1) is 40.8. The van der Waals surface area contributed by atoms with Crippen molar-refractivity contribution in [1.82, 2.24) is 0 Å². The summed E-state index contributed by atoms with van der Waals surface area (Å²) in [5.74, 6) is -0.853. The van der Waals surface area contributed by atoms with Gasteiger partial charge in [-0.05, 0) is 38.5 Å². The molecule has 10 heteroatoms. The molecule has 0 aliphatic heterocycles. The van der Waals surface area contributed by atoms with E-state index in [1.165, 1.54) is 64.2 Å². The van der Waals surface area contributed by atoms with E-state index in [1.54, 1.807) is 0 Å². The SMILES string of the molecule is CCCCCCCC/C=C\CCCCCCCCCC(=O)OC(COC(=O)CCCCCC)COP(=O)(O)OCCN. The number of rotatable bonds is 31. The minimum absolute atomic E-state index is 0.0542. The lowest BCUT2D eigenvalue weighted by molar-refractivity contribution is -0.161. The fourth-order valence-corrected chi connectivity index (χ4v) is 5.16. The Bertz CT molecular complexity index is 719. The van der Waals surface area contributed by atoms with Crippen LogP contribution in [0.2, 0.25) is 0 Å². The van der Waals surface area contributed by atoms with Gasteiger partial charge in [-0.2, -0.15) is 0 Å². The van der Waals surface area contributed by atoms with Crippen molar-refractivity contribution in [3.05, 3.63) is 12.2 Å². The quantitative estimate of drug-likeness (QED) is 0.0340. The van der Waals surface area contributed by atoms with Crippen molar-refractivity contribution in [2.75, 3.05) is 26.4 Å². The van der Waals surface area contributed by atoms with Crippen LogP contribution >= 0.6 is 7.82 Å². The highest BCUT2D eigenvalue weighted by Gasteiger charge is 2.25. The van der Waals surface area contributed by atoms with Crippen LogP contribution in [0.4, 0.5) is 0 Å². The summed E-state index contributed by atoms with van der Waals surface area (Å²) in [6.07, 6.45) is 25.9. The van der Waals surface area contributed by atoms with Crippen LogP contribution in [0.25, 0.3) is 0 Å². The second-order valence-corrected chi connectivity index (χ2v) is 12.5. The predicted octanol–water partition coefficient (Wildman–Crippen LogP) is 8.32. The summed E-state index contributed by atoms with van der Waals surface area (Å²) in [6, 6.07) is 0. The van der Waals surface area contributed by atoms with Crippen LogP contribution in [0.5, 0.6) is 0 Å². The number of hydrogen-bond acceptors (Lipinski definition) is 8. The first-order valence-electron chi connectivity index (χ1n) is 16.7. The van der Waals surface area contributed by atoms with Gasteiger partial charge in [0, 0.05) is 19.4 Å². The lowest BCUT2D eigenvalue weighted by atomic mass is 10.1. The van der Waals surface area contributed by atoms with Gasteiger partial charge in [0.1, 0.15) is 6.61 Å². The Labute approximate surface area is 256 Å².